The van der Waals surface area contributed by atoms with Crippen LogP contribution in [0.3, 0.4) is 0 Å². The number of aromatic hydroxyl groups is 1. The lowest BCUT2D eigenvalue weighted by Crippen LogP contribution is -2.31. The highest BCUT2D eigenvalue weighted by Crippen LogP contribution is 2.15. The van der Waals surface area contributed by atoms with Crippen molar-refractivity contribution in [1.29, 1.82) is 0 Å². The molecular formula is C18H22FN3O3. The molecule has 0 aliphatic carbocycles. The number of hydrogen-bond acceptors (Lipinski definition) is 4. The predicted octanol–water partition coefficient (Wildman–Crippen LogP) is 2.76. The van der Waals surface area contributed by atoms with Gasteiger partial charge in [0.2, 0.25) is 5.88 Å². The van der Waals surface area contributed by atoms with E-state index in [1.807, 2.05) is 0 Å². The Kier molecular flexibility index (Phi) is 6.68. The quantitative estimate of drug-likeness (QED) is 0.568. The highest BCUT2D eigenvalue weighted by molar-refractivity contribution is 5.82. The number of aromatic amines is 1. The van der Waals surface area contributed by atoms with Crippen molar-refractivity contribution in [1.82, 2.24) is 9.55 Å². The molecule has 7 heteroatoms. The van der Waals surface area contributed by atoms with E-state index in [-0.39, 0.29) is 11.3 Å². The summed E-state index contributed by atoms with van der Waals surface area (Å²) in [6.07, 6.45) is 6.72. The van der Waals surface area contributed by atoms with Crippen LogP contribution in [0.2, 0.25) is 0 Å². The van der Waals surface area contributed by atoms with Crippen molar-refractivity contribution in [3.63, 3.8) is 0 Å². The number of halogens is 1. The SMILES string of the molecule is CCCCCCCN=Cc1c(O)n(-c2ccc(F)cc2)c(=O)[nH]c1=O. The molecule has 1 aromatic carbocycles. The highest BCUT2D eigenvalue weighted by atomic mass is 19.1. The second-order valence-corrected chi connectivity index (χ2v) is 5.76. The molecule has 25 heavy (non-hydrogen) atoms. The third-order valence-electron chi connectivity index (χ3n) is 3.82. The maximum Gasteiger partial charge on any atom is 0.335 e. The molecule has 0 radical (unpaired) electrons. The number of aromatic nitrogens is 2. The third-order valence-corrected chi connectivity index (χ3v) is 3.82. The lowest BCUT2D eigenvalue weighted by Gasteiger charge is -2.09. The number of aliphatic imine (C=N–C) groups is 1. The zero-order chi connectivity index (χ0) is 18.2. The lowest BCUT2D eigenvalue weighted by atomic mass is 10.1. The average molecular weight is 347 g/mol. The molecule has 2 N–H and O–H groups in total. The van der Waals surface area contributed by atoms with Crippen LogP contribution in [0.25, 0.3) is 5.69 Å². The van der Waals surface area contributed by atoms with Gasteiger partial charge in [-0.1, -0.05) is 32.6 Å². The zero-order valence-corrected chi connectivity index (χ0v) is 14.2. The Labute approximate surface area is 144 Å². The van der Waals surface area contributed by atoms with E-state index in [9.17, 15) is 19.1 Å². The van der Waals surface area contributed by atoms with Crippen LogP contribution in [-0.4, -0.2) is 27.4 Å². The number of rotatable bonds is 8. The first-order valence-corrected chi connectivity index (χ1v) is 8.38. The van der Waals surface area contributed by atoms with Crippen LogP contribution in [0.15, 0.2) is 38.8 Å². The van der Waals surface area contributed by atoms with Crippen molar-refractivity contribution in [2.45, 2.75) is 39.0 Å². The van der Waals surface area contributed by atoms with Gasteiger partial charge in [-0.25, -0.2) is 13.8 Å². The summed E-state index contributed by atoms with van der Waals surface area (Å²) in [4.78, 5) is 30.2. The van der Waals surface area contributed by atoms with Gasteiger partial charge in [0.25, 0.3) is 5.56 Å². The van der Waals surface area contributed by atoms with E-state index >= 15 is 0 Å². The number of nitrogens with zero attached hydrogens (tertiary/aromatic N) is 2. The molecule has 0 saturated carbocycles. The van der Waals surface area contributed by atoms with Crippen molar-refractivity contribution in [3.8, 4) is 11.6 Å². The number of hydrogen-bond donors (Lipinski definition) is 2. The normalized spacial score (nSPS) is 11.3. The molecule has 0 unspecified atom stereocenters. The van der Waals surface area contributed by atoms with Gasteiger partial charge in [-0.05, 0) is 30.7 Å². The lowest BCUT2D eigenvalue weighted by molar-refractivity contribution is 0.430. The second kappa shape index (κ2) is 8.96. The molecule has 0 fully saturated rings. The Morgan fingerprint density at radius 3 is 2.52 bits per heavy atom. The van der Waals surface area contributed by atoms with Crippen LogP contribution >= 0.6 is 0 Å². The summed E-state index contributed by atoms with van der Waals surface area (Å²) in [5, 5.41) is 10.3. The molecule has 0 atom stereocenters. The van der Waals surface area contributed by atoms with Crippen LogP contribution in [-0.2, 0) is 0 Å². The number of H-pyrrole nitrogens is 1. The van der Waals surface area contributed by atoms with E-state index in [4.69, 9.17) is 0 Å². The molecule has 1 aromatic heterocycles. The minimum Gasteiger partial charge on any atom is -0.493 e. The van der Waals surface area contributed by atoms with Crippen molar-refractivity contribution in [3.05, 3.63) is 56.5 Å². The molecule has 0 saturated heterocycles. The first kappa shape index (κ1) is 18.6. The summed E-state index contributed by atoms with van der Waals surface area (Å²) in [5.41, 5.74) is -1.37. The van der Waals surface area contributed by atoms with E-state index < -0.39 is 22.9 Å². The first-order valence-electron chi connectivity index (χ1n) is 8.38. The first-order chi connectivity index (χ1) is 12.0. The molecule has 134 valence electrons. The van der Waals surface area contributed by atoms with Crippen LogP contribution in [0.5, 0.6) is 5.88 Å². The van der Waals surface area contributed by atoms with Crippen molar-refractivity contribution >= 4 is 6.21 Å². The second-order valence-electron chi connectivity index (χ2n) is 5.76. The van der Waals surface area contributed by atoms with Crippen LogP contribution < -0.4 is 11.2 Å². The summed E-state index contributed by atoms with van der Waals surface area (Å²) < 4.78 is 13.9. The molecule has 2 aromatic rings. The zero-order valence-electron chi connectivity index (χ0n) is 14.2. The fourth-order valence-electron chi connectivity index (χ4n) is 2.45. The molecule has 0 spiro atoms. The van der Waals surface area contributed by atoms with E-state index in [2.05, 4.69) is 16.9 Å². The third kappa shape index (κ3) is 4.89. The predicted molar refractivity (Wildman–Crippen MR) is 95.5 cm³/mol. The average Bonchev–Trinajstić information content (AvgIpc) is 2.58. The summed E-state index contributed by atoms with van der Waals surface area (Å²) in [6.45, 7) is 2.68. The van der Waals surface area contributed by atoms with E-state index in [0.29, 0.717) is 6.54 Å². The van der Waals surface area contributed by atoms with Gasteiger partial charge in [-0.2, -0.15) is 0 Å². The van der Waals surface area contributed by atoms with Crippen molar-refractivity contribution in [2.75, 3.05) is 6.54 Å². The molecule has 0 aliphatic rings. The van der Waals surface area contributed by atoms with Gasteiger partial charge >= 0.3 is 5.69 Å². The number of unbranched alkanes of at least 4 members (excludes halogenated alkanes) is 4. The van der Waals surface area contributed by atoms with Gasteiger partial charge in [-0.15, -0.1) is 0 Å². The largest absolute Gasteiger partial charge is 0.493 e. The minimum atomic E-state index is -0.800. The molecule has 0 bridgehead atoms. The van der Waals surface area contributed by atoms with E-state index in [1.165, 1.54) is 24.8 Å². The minimum absolute atomic E-state index is 0.0996. The Hall–Kier alpha value is -2.70. The van der Waals surface area contributed by atoms with Crippen LogP contribution in [0, 0.1) is 5.82 Å². The molecule has 6 nitrogen and oxygen atoms in total. The maximum absolute atomic E-state index is 13.0. The standard InChI is InChI=1S/C18H22FN3O3/c1-2-3-4-5-6-11-20-12-15-16(23)21-18(25)22(17(15)24)14-9-7-13(19)8-10-14/h7-10,12,24H,2-6,11H2,1H3,(H,21,23,25). The van der Waals surface area contributed by atoms with Crippen LogP contribution in [0.1, 0.15) is 44.6 Å². The topological polar surface area (TPSA) is 87.4 Å². The van der Waals surface area contributed by atoms with Gasteiger partial charge in [0.15, 0.2) is 0 Å². The van der Waals surface area contributed by atoms with Gasteiger partial charge in [0, 0.05) is 12.8 Å². The Bertz CT molecular complexity index is 838. The number of nitrogens with one attached hydrogen (secondary N) is 1. The van der Waals surface area contributed by atoms with Crippen molar-refractivity contribution in [2.24, 2.45) is 4.99 Å². The van der Waals surface area contributed by atoms with Crippen molar-refractivity contribution < 1.29 is 9.50 Å². The Balaban J connectivity index is 2.22. The van der Waals surface area contributed by atoms with Crippen LogP contribution in [0.4, 0.5) is 4.39 Å². The summed E-state index contributed by atoms with van der Waals surface area (Å²) in [5.74, 6) is -0.985. The van der Waals surface area contributed by atoms with Gasteiger partial charge in [0.1, 0.15) is 11.4 Å². The summed E-state index contributed by atoms with van der Waals surface area (Å²) >= 11 is 0. The van der Waals surface area contributed by atoms with Gasteiger partial charge < -0.3 is 5.11 Å². The maximum atomic E-state index is 13.0. The van der Waals surface area contributed by atoms with E-state index in [0.717, 1.165) is 42.4 Å². The summed E-state index contributed by atoms with van der Waals surface area (Å²) in [6, 6.07) is 5.00. The highest BCUT2D eigenvalue weighted by Gasteiger charge is 2.14. The molecule has 0 aliphatic heterocycles. The smallest absolute Gasteiger partial charge is 0.335 e. The Morgan fingerprint density at radius 2 is 1.84 bits per heavy atom. The molecule has 1 heterocycles. The van der Waals surface area contributed by atoms with Gasteiger partial charge in [-0.3, -0.25) is 14.8 Å². The van der Waals surface area contributed by atoms with Gasteiger partial charge in [0.05, 0.1) is 5.69 Å². The molecule has 2 rings (SSSR count). The van der Waals surface area contributed by atoms with E-state index in [1.54, 1.807) is 0 Å². The monoisotopic (exact) mass is 347 g/mol. The summed E-state index contributed by atoms with van der Waals surface area (Å²) in [7, 11) is 0. The Morgan fingerprint density at radius 1 is 1.16 bits per heavy atom. The fourth-order valence-corrected chi connectivity index (χ4v) is 2.45. The fraction of sp³-hybridized carbons (Fsp3) is 0.389. The number of benzene rings is 1. The molecular weight excluding hydrogens is 325 g/mol. The molecule has 0 amide bonds.